The second kappa shape index (κ2) is 14.7. The van der Waals surface area contributed by atoms with Crippen molar-refractivity contribution in [2.75, 3.05) is 6.54 Å². The number of ether oxygens (including phenoxy) is 5. The predicted octanol–water partition coefficient (Wildman–Crippen LogP) is 5.27. The van der Waals surface area contributed by atoms with E-state index in [9.17, 15) is 24.3 Å². The third-order valence-corrected chi connectivity index (χ3v) is 5.00. The smallest absolute Gasteiger partial charge is 0.480 e. The van der Waals surface area contributed by atoms with Crippen LogP contribution in [0.3, 0.4) is 0 Å². The fraction of sp³-hybridized carbons (Fsp3) is 0.643. The molecule has 1 rings (SSSR count). The van der Waals surface area contributed by atoms with Gasteiger partial charge in [-0.05, 0) is 79.0 Å². The van der Waals surface area contributed by atoms with Gasteiger partial charge in [0.2, 0.25) is 0 Å². The highest BCUT2D eigenvalue weighted by Gasteiger charge is 2.25. The first-order valence-corrected chi connectivity index (χ1v) is 13.0. The topological polar surface area (TPSA) is 147 Å². The maximum absolute atomic E-state index is 12.3. The lowest BCUT2D eigenvalue weighted by Crippen LogP contribution is -2.43. The number of carboxylic acids is 1. The van der Waals surface area contributed by atoms with Gasteiger partial charge in [-0.25, -0.2) is 9.59 Å². The Morgan fingerprint density at radius 3 is 1.92 bits per heavy atom. The van der Waals surface area contributed by atoms with E-state index in [1.54, 1.807) is 55.4 Å². The highest BCUT2D eigenvalue weighted by molar-refractivity contribution is 5.74. The Hall–Kier alpha value is -3.34. The van der Waals surface area contributed by atoms with Crippen LogP contribution >= 0.6 is 0 Å². The highest BCUT2D eigenvalue weighted by Crippen LogP contribution is 2.31. The Balaban J connectivity index is 3.05. The van der Waals surface area contributed by atoms with Crippen molar-refractivity contribution in [2.24, 2.45) is 5.92 Å². The maximum atomic E-state index is 12.3. The Morgan fingerprint density at radius 2 is 1.44 bits per heavy atom. The molecule has 11 nitrogen and oxygen atoms in total. The molecule has 1 aromatic rings. The summed E-state index contributed by atoms with van der Waals surface area (Å²) in [6, 6.07) is 3.25. The van der Waals surface area contributed by atoms with Gasteiger partial charge in [0.25, 0.3) is 0 Å². The van der Waals surface area contributed by atoms with E-state index in [0.717, 1.165) is 6.42 Å². The standard InChI is InChI=1S/C28H43NO10/c1-10-11-17(2)24(32)35-18(3)16-29-20(23(30)31)14-19-12-13-21(36-25(33)38-27(4,5)6)22(15-19)37-26(34)39-28(7,8)9/h12-13,15,17-18,20,29H,10-11,14,16H2,1-9H3,(H,30,31)/t17?,18?,20-/m0/s1. The Labute approximate surface area is 230 Å². The number of esters is 1. The Kier molecular flexibility index (Phi) is 12.7. The van der Waals surface area contributed by atoms with Gasteiger partial charge in [-0.1, -0.05) is 26.3 Å². The second-order valence-corrected chi connectivity index (χ2v) is 11.4. The van der Waals surface area contributed by atoms with Crippen LogP contribution in [0.2, 0.25) is 0 Å². The molecule has 11 heteroatoms. The molecule has 1 aromatic carbocycles. The van der Waals surface area contributed by atoms with Crippen molar-refractivity contribution < 1.29 is 48.0 Å². The Morgan fingerprint density at radius 1 is 0.897 bits per heavy atom. The van der Waals surface area contributed by atoms with Gasteiger partial charge >= 0.3 is 24.2 Å². The van der Waals surface area contributed by atoms with Gasteiger partial charge in [0.1, 0.15) is 23.3 Å². The molecule has 0 spiro atoms. The molecular weight excluding hydrogens is 510 g/mol. The van der Waals surface area contributed by atoms with Crippen molar-refractivity contribution >= 4 is 24.2 Å². The van der Waals surface area contributed by atoms with Crippen molar-refractivity contribution in [3.63, 3.8) is 0 Å². The number of rotatable bonds is 12. The summed E-state index contributed by atoms with van der Waals surface area (Å²) in [5, 5.41) is 12.6. The van der Waals surface area contributed by atoms with Gasteiger partial charge in [-0.3, -0.25) is 9.59 Å². The number of nitrogens with one attached hydrogen (secondary N) is 1. The lowest BCUT2D eigenvalue weighted by Gasteiger charge is -2.22. The average molecular weight is 554 g/mol. The molecular formula is C28H43NO10. The minimum absolute atomic E-state index is 0.0143. The number of hydrogen-bond donors (Lipinski definition) is 2. The largest absolute Gasteiger partial charge is 0.514 e. The van der Waals surface area contributed by atoms with Crippen LogP contribution in [0.4, 0.5) is 9.59 Å². The van der Waals surface area contributed by atoms with Crippen LogP contribution in [-0.2, 0) is 30.2 Å². The van der Waals surface area contributed by atoms with Crippen LogP contribution in [0.1, 0.15) is 80.7 Å². The molecule has 0 radical (unpaired) electrons. The van der Waals surface area contributed by atoms with Gasteiger partial charge in [0, 0.05) is 6.54 Å². The normalized spacial score (nSPS) is 14.0. The lowest BCUT2D eigenvalue weighted by molar-refractivity contribution is -0.152. The maximum Gasteiger partial charge on any atom is 0.514 e. The van der Waals surface area contributed by atoms with E-state index in [4.69, 9.17) is 23.7 Å². The van der Waals surface area contributed by atoms with Crippen molar-refractivity contribution in [3.8, 4) is 11.5 Å². The zero-order valence-electron chi connectivity index (χ0n) is 24.4. The van der Waals surface area contributed by atoms with E-state index in [2.05, 4.69) is 5.32 Å². The summed E-state index contributed by atoms with van der Waals surface area (Å²) < 4.78 is 26.3. The van der Waals surface area contributed by atoms with E-state index >= 15 is 0 Å². The zero-order chi connectivity index (χ0) is 30.0. The van der Waals surface area contributed by atoms with E-state index < -0.39 is 41.6 Å². The molecule has 0 aliphatic carbocycles. The molecule has 0 amide bonds. The third kappa shape index (κ3) is 13.9. The van der Waals surface area contributed by atoms with Gasteiger partial charge in [-0.2, -0.15) is 0 Å². The number of carbonyl (C=O) groups is 4. The average Bonchev–Trinajstić information content (AvgIpc) is 2.75. The van der Waals surface area contributed by atoms with Crippen molar-refractivity contribution in [1.82, 2.24) is 5.32 Å². The van der Waals surface area contributed by atoms with E-state index in [1.807, 2.05) is 6.92 Å². The van der Waals surface area contributed by atoms with Crippen molar-refractivity contribution in [1.29, 1.82) is 0 Å². The van der Waals surface area contributed by atoms with Crippen LogP contribution in [0.25, 0.3) is 0 Å². The fourth-order valence-corrected chi connectivity index (χ4v) is 3.26. The van der Waals surface area contributed by atoms with E-state index in [1.165, 1.54) is 18.2 Å². The summed E-state index contributed by atoms with van der Waals surface area (Å²) in [6.07, 6.45) is -1.04. The molecule has 0 saturated heterocycles. The summed E-state index contributed by atoms with van der Waals surface area (Å²) in [4.78, 5) is 48.6. The van der Waals surface area contributed by atoms with Crippen LogP contribution in [0, 0.1) is 5.92 Å². The molecule has 2 unspecified atom stereocenters. The minimum Gasteiger partial charge on any atom is -0.480 e. The molecule has 220 valence electrons. The summed E-state index contributed by atoms with van der Waals surface area (Å²) in [5.74, 6) is -1.96. The summed E-state index contributed by atoms with van der Waals surface area (Å²) >= 11 is 0. The first-order valence-electron chi connectivity index (χ1n) is 13.0. The van der Waals surface area contributed by atoms with Crippen LogP contribution in [0.15, 0.2) is 18.2 Å². The molecule has 39 heavy (non-hydrogen) atoms. The van der Waals surface area contributed by atoms with E-state index in [-0.39, 0.29) is 36.4 Å². The third-order valence-electron chi connectivity index (χ3n) is 5.00. The van der Waals surface area contributed by atoms with Gasteiger partial charge in [0.15, 0.2) is 11.5 Å². The molecule has 0 fully saturated rings. The van der Waals surface area contributed by atoms with Gasteiger partial charge in [0.05, 0.1) is 5.92 Å². The van der Waals surface area contributed by atoms with Gasteiger partial charge < -0.3 is 34.1 Å². The molecule has 3 atom stereocenters. The van der Waals surface area contributed by atoms with Crippen molar-refractivity contribution in [3.05, 3.63) is 23.8 Å². The number of benzene rings is 1. The predicted molar refractivity (Wildman–Crippen MR) is 143 cm³/mol. The number of carbonyl (C=O) groups excluding carboxylic acids is 3. The Bertz CT molecular complexity index is 993. The first kappa shape index (κ1) is 33.7. The van der Waals surface area contributed by atoms with E-state index in [0.29, 0.717) is 12.0 Å². The monoisotopic (exact) mass is 553 g/mol. The summed E-state index contributed by atoms with van der Waals surface area (Å²) in [5.41, 5.74) is -1.19. The van der Waals surface area contributed by atoms with Crippen LogP contribution < -0.4 is 14.8 Å². The summed E-state index contributed by atoms with van der Waals surface area (Å²) in [7, 11) is 0. The number of hydrogen-bond acceptors (Lipinski definition) is 10. The number of aliphatic carboxylic acids is 1. The van der Waals surface area contributed by atoms with Crippen LogP contribution in [0.5, 0.6) is 11.5 Å². The second-order valence-electron chi connectivity index (χ2n) is 11.4. The quantitative estimate of drug-likeness (QED) is 0.198. The fourth-order valence-electron chi connectivity index (χ4n) is 3.26. The van der Waals surface area contributed by atoms with Gasteiger partial charge in [-0.15, -0.1) is 0 Å². The molecule has 2 N–H and O–H groups in total. The molecule has 0 aliphatic heterocycles. The van der Waals surface area contributed by atoms with Crippen LogP contribution in [-0.4, -0.2) is 59.2 Å². The van der Waals surface area contributed by atoms with Crippen molar-refractivity contribution in [2.45, 2.75) is 105 Å². The zero-order valence-corrected chi connectivity index (χ0v) is 24.4. The molecule has 0 saturated carbocycles. The first-order chi connectivity index (χ1) is 17.9. The molecule has 0 heterocycles. The lowest BCUT2D eigenvalue weighted by atomic mass is 10.0. The number of carboxylic acid groups (broad SMARTS) is 1. The minimum atomic E-state index is -1.13. The molecule has 0 aliphatic rings. The summed E-state index contributed by atoms with van der Waals surface area (Å²) in [6.45, 7) is 15.6. The SMILES string of the molecule is CCCC(C)C(=O)OC(C)CN[C@@H](Cc1ccc(OC(=O)OC(C)(C)C)c(OC(=O)OC(C)(C)C)c1)C(=O)O. The molecule has 0 bridgehead atoms. The highest BCUT2D eigenvalue weighted by atomic mass is 16.8. The molecule has 0 aromatic heterocycles.